The van der Waals surface area contributed by atoms with Gasteiger partial charge in [-0.25, -0.2) is 4.79 Å². The summed E-state index contributed by atoms with van der Waals surface area (Å²) in [6.45, 7) is 2.98. The van der Waals surface area contributed by atoms with Crippen LogP contribution in [-0.4, -0.2) is 45.4 Å². The highest BCUT2D eigenvalue weighted by molar-refractivity contribution is 8.16. The van der Waals surface area contributed by atoms with Crippen molar-refractivity contribution in [2.24, 2.45) is 5.16 Å². The zero-order valence-electron chi connectivity index (χ0n) is 9.61. The number of hydrogen-bond acceptors (Lipinski definition) is 9. The number of carbonyl (C=O) groups excluding carboxylic acids is 2. The molecule has 102 valence electrons. The predicted molar refractivity (Wildman–Crippen MR) is 64.1 cm³/mol. The summed E-state index contributed by atoms with van der Waals surface area (Å²) in [7, 11) is -1.83. The van der Waals surface area contributed by atoms with Gasteiger partial charge in [-0.3, -0.25) is 9.08 Å². The first-order valence-electron chi connectivity index (χ1n) is 4.28. The van der Waals surface area contributed by atoms with Crippen molar-refractivity contribution >= 4 is 38.9 Å². The van der Waals surface area contributed by atoms with Gasteiger partial charge >= 0.3 is 22.1 Å². The van der Waals surface area contributed by atoms with Gasteiger partial charge < -0.3 is 9.47 Å². The standard InChI is InChI=1S/C8H11NO7S2/c1-4-18(12,13)16-9-7(8(11)15-3)17-5-6(10)14-2/h4H,1,5H2,2-3H3/b9-7-. The number of oxime groups is 1. The van der Waals surface area contributed by atoms with E-state index in [9.17, 15) is 18.0 Å². The van der Waals surface area contributed by atoms with E-state index in [0.717, 1.165) is 14.2 Å². The highest BCUT2D eigenvalue weighted by Crippen LogP contribution is 2.08. The van der Waals surface area contributed by atoms with Gasteiger partial charge in [0.15, 0.2) is 0 Å². The first-order chi connectivity index (χ1) is 8.36. The maximum Gasteiger partial charge on any atom is 0.366 e. The molecule has 10 heteroatoms. The van der Waals surface area contributed by atoms with E-state index in [1.807, 2.05) is 0 Å². The molecule has 0 spiro atoms. The fraction of sp³-hybridized carbons (Fsp3) is 0.375. The molecule has 0 N–H and O–H groups in total. The Balaban J connectivity index is 4.79. The molecule has 18 heavy (non-hydrogen) atoms. The van der Waals surface area contributed by atoms with Crippen molar-refractivity contribution in [2.75, 3.05) is 20.0 Å². The Morgan fingerprint density at radius 1 is 1.33 bits per heavy atom. The minimum Gasteiger partial charge on any atom is -0.468 e. The van der Waals surface area contributed by atoms with E-state index in [0.29, 0.717) is 17.2 Å². The number of methoxy groups -OCH3 is 2. The van der Waals surface area contributed by atoms with Gasteiger partial charge in [-0.2, -0.15) is 8.42 Å². The molecular weight excluding hydrogens is 286 g/mol. The third kappa shape index (κ3) is 6.25. The fourth-order valence-corrected chi connectivity index (χ4v) is 1.46. The van der Waals surface area contributed by atoms with Crippen molar-refractivity contribution in [1.29, 1.82) is 0 Å². The van der Waals surface area contributed by atoms with Crippen molar-refractivity contribution in [3.05, 3.63) is 12.0 Å². The molecule has 0 amide bonds. The predicted octanol–water partition coefficient (Wildman–Crippen LogP) is -0.131. The van der Waals surface area contributed by atoms with Gasteiger partial charge in [-0.15, -0.1) is 0 Å². The number of rotatable bonds is 5. The van der Waals surface area contributed by atoms with E-state index in [-0.39, 0.29) is 5.75 Å². The average molecular weight is 297 g/mol. The molecule has 0 aromatic heterocycles. The summed E-state index contributed by atoms with van der Waals surface area (Å²) in [6.07, 6.45) is 0. The van der Waals surface area contributed by atoms with Crippen molar-refractivity contribution in [1.82, 2.24) is 0 Å². The lowest BCUT2D eigenvalue weighted by Gasteiger charge is -2.02. The Labute approximate surface area is 108 Å². The second kappa shape index (κ2) is 7.71. The van der Waals surface area contributed by atoms with Crippen molar-refractivity contribution in [3.63, 3.8) is 0 Å². The Morgan fingerprint density at radius 3 is 2.39 bits per heavy atom. The number of carbonyl (C=O) groups is 2. The van der Waals surface area contributed by atoms with Gasteiger partial charge in [0, 0.05) is 0 Å². The van der Waals surface area contributed by atoms with Gasteiger partial charge in [0.05, 0.1) is 25.4 Å². The topological polar surface area (TPSA) is 108 Å². The van der Waals surface area contributed by atoms with Crippen molar-refractivity contribution in [2.45, 2.75) is 0 Å². The number of thioether (sulfide) groups is 1. The van der Waals surface area contributed by atoms with Gasteiger partial charge in [-0.05, 0) is 0 Å². The van der Waals surface area contributed by atoms with Crippen LogP contribution < -0.4 is 0 Å². The van der Waals surface area contributed by atoms with E-state index in [1.54, 1.807) is 0 Å². The Morgan fingerprint density at radius 2 is 1.94 bits per heavy atom. The second-order valence-corrected chi connectivity index (χ2v) is 4.92. The molecule has 0 unspecified atom stereocenters. The normalized spacial score (nSPS) is 11.6. The lowest BCUT2D eigenvalue weighted by molar-refractivity contribution is -0.137. The molecule has 0 aromatic rings. The van der Waals surface area contributed by atoms with Crippen LogP contribution in [0, 0.1) is 0 Å². The molecular formula is C8H11NO7S2. The largest absolute Gasteiger partial charge is 0.468 e. The summed E-state index contributed by atoms with van der Waals surface area (Å²) in [5.41, 5.74) is 0. The third-order valence-corrected chi connectivity index (χ3v) is 2.93. The van der Waals surface area contributed by atoms with Crippen molar-refractivity contribution in [3.8, 4) is 0 Å². The smallest absolute Gasteiger partial charge is 0.366 e. The van der Waals surface area contributed by atoms with Crippen LogP contribution in [0.15, 0.2) is 17.1 Å². The minimum atomic E-state index is -4.06. The van der Waals surface area contributed by atoms with Crippen LogP contribution in [0.5, 0.6) is 0 Å². The number of esters is 2. The van der Waals surface area contributed by atoms with E-state index in [2.05, 4.69) is 25.5 Å². The van der Waals surface area contributed by atoms with E-state index in [1.165, 1.54) is 0 Å². The van der Waals surface area contributed by atoms with Crippen molar-refractivity contribution < 1.29 is 31.8 Å². The lowest BCUT2D eigenvalue weighted by atomic mass is 10.7. The quantitative estimate of drug-likeness (QED) is 0.299. The average Bonchev–Trinajstić information content (AvgIpc) is 2.37. The number of nitrogens with zero attached hydrogens (tertiary/aromatic N) is 1. The summed E-state index contributed by atoms with van der Waals surface area (Å²) in [4.78, 5) is 22.1. The molecule has 0 bridgehead atoms. The molecule has 8 nitrogen and oxygen atoms in total. The maximum atomic E-state index is 11.2. The molecule has 0 saturated heterocycles. The first kappa shape index (κ1) is 16.4. The van der Waals surface area contributed by atoms with Gasteiger partial charge in [0.2, 0.25) is 5.04 Å². The Hall–Kier alpha value is -1.55. The van der Waals surface area contributed by atoms with E-state index >= 15 is 0 Å². The molecule has 0 saturated carbocycles. The molecule has 0 radical (unpaired) electrons. The summed E-state index contributed by atoms with van der Waals surface area (Å²) < 4.78 is 34.6. The minimum absolute atomic E-state index is 0.248. The Bertz CT molecular complexity index is 454. The van der Waals surface area contributed by atoms with Gasteiger partial charge in [0.25, 0.3) is 0 Å². The lowest BCUT2D eigenvalue weighted by Crippen LogP contribution is -2.16. The summed E-state index contributed by atoms with van der Waals surface area (Å²) >= 11 is 0.615. The van der Waals surface area contributed by atoms with Gasteiger partial charge in [-0.1, -0.05) is 23.5 Å². The zero-order valence-corrected chi connectivity index (χ0v) is 11.2. The number of hydrogen-bond donors (Lipinski definition) is 0. The van der Waals surface area contributed by atoms with Crippen LogP contribution in [0.25, 0.3) is 0 Å². The Kier molecular flexibility index (Phi) is 7.05. The van der Waals surface area contributed by atoms with Crippen LogP contribution in [0.2, 0.25) is 0 Å². The summed E-state index contributed by atoms with van der Waals surface area (Å²) in [5, 5.41) is 3.15. The van der Waals surface area contributed by atoms with Crippen LogP contribution in [0.4, 0.5) is 0 Å². The molecule has 0 aliphatic heterocycles. The SMILES string of the molecule is C=CS(=O)(=O)O/N=C(\SCC(=O)OC)C(=O)OC. The molecule has 0 rings (SSSR count). The van der Waals surface area contributed by atoms with Crippen LogP contribution in [-0.2, 0) is 33.5 Å². The summed E-state index contributed by atoms with van der Waals surface area (Å²) in [6, 6.07) is 0. The van der Waals surface area contributed by atoms with E-state index in [4.69, 9.17) is 0 Å². The highest BCUT2D eigenvalue weighted by Gasteiger charge is 2.17. The van der Waals surface area contributed by atoms with Gasteiger partial charge in [0.1, 0.15) is 0 Å². The number of ether oxygens (including phenoxy) is 2. The van der Waals surface area contributed by atoms with Crippen LogP contribution in [0.1, 0.15) is 0 Å². The highest BCUT2D eigenvalue weighted by atomic mass is 32.2. The molecule has 0 fully saturated rings. The van der Waals surface area contributed by atoms with Crippen LogP contribution >= 0.6 is 11.8 Å². The third-order valence-electron chi connectivity index (χ3n) is 1.34. The molecule has 0 aromatic carbocycles. The molecule has 0 aliphatic rings. The monoisotopic (exact) mass is 297 g/mol. The maximum absolute atomic E-state index is 11.2. The fourth-order valence-electron chi connectivity index (χ4n) is 0.512. The molecule has 0 heterocycles. The summed E-state index contributed by atoms with van der Waals surface area (Å²) in [5.74, 6) is -1.81. The molecule has 0 atom stereocenters. The van der Waals surface area contributed by atoms with E-state index < -0.39 is 27.1 Å². The zero-order chi connectivity index (χ0) is 14.2. The second-order valence-electron chi connectivity index (χ2n) is 2.49. The first-order valence-corrected chi connectivity index (χ1v) is 6.74. The molecule has 0 aliphatic carbocycles. The van der Waals surface area contributed by atoms with Crippen LogP contribution in [0.3, 0.4) is 0 Å².